The Balaban J connectivity index is 1.93. The van der Waals surface area contributed by atoms with E-state index in [0.717, 1.165) is 17.3 Å². The van der Waals surface area contributed by atoms with E-state index in [9.17, 15) is 9.59 Å². The van der Waals surface area contributed by atoms with Gasteiger partial charge in [0.2, 0.25) is 0 Å². The van der Waals surface area contributed by atoms with Crippen molar-refractivity contribution in [2.24, 2.45) is 5.92 Å². The van der Waals surface area contributed by atoms with Gasteiger partial charge in [-0.2, -0.15) is 0 Å². The normalized spacial score (nSPS) is 18.3. The molecule has 1 aliphatic heterocycles. The van der Waals surface area contributed by atoms with Crippen molar-refractivity contribution < 1.29 is 9.90 Å². The maximum atomic E-state index is 12.8. The van der Waals surface area contributed by atoms with Crippen LogP contribution in [0.15, 0.2) is 27.5 Å². The molecule has 7 heteroatoms. The quantitative estimate of drug-likeness (QED) is 0.870. The summed E-state index contributed by atoms with van der Waals surface area (Å²) in [5.74, 6) is 0.805. The molecule has 1 aromatic heterocycles. The Morgan fingerprint density at radius 3 is 3.00 bits per heavy atom. The summed E-state index contributed by atoms with van der Waals surface area (Å²) in [7, 11) is 0. The Hall–Kier alpha value is -1.89. The lowest BCUT2D eigenvalue weighted by Crippen LogP contribution is -2.41. The molecule has 0 unspecified atom stereocenters. The van der Waals surface area contributed by atoms with E-state index in [1.54, 1.807) is 10.6 Å². The average molecular weight is 380 g/mol. The molecule has 1 N–H and O–H groups in total. The second kappa shape index (κ2) is 6.31. The average Bonchev–Trinajstić information content (AvgIpc) is 2.52. The summed E-state index contributed by atoms with van der Waals surface area (Å²) in [5, 5.41) is 9.72. The highest BCUT2D eigenvalue weighted by atomic mass is 79.9. The SMILES string of the molecule is Cc1nc2ccc(Br)cc2c(=O)n1C[C@H]1CCCN(C(=O)O)C1. The lowest BCUT2D eigenvalue weighted by molar-refractivity contribution is 0.116. The summed E-state index contributed by atoms with van der Waals surface area (Å²) in [6.07, 6.45) is 0.864. The number of aromatic nitrogens is 2. The molecular weight excluding hydrogens is 362 g/mol. The highest BCUT2D eigenvalue weighted by molar-refractivity contribution is 9.10. The van der Waals surface area contributed by atoms with Gasteiger partial charge in [0.15, 0.2) is 0 Å². The number of likely N-dealkylation sites (tertiary alicyclic amines) is 1. The molecule has 3 rings (SSSR count). The van der Waals surface area contributed by atoms with Crippen LogP contribution in [0.4, 0.5) is 4.79 Å². The minimum atomic E-state index is -0.890. The fraction of sp³-hybridized carbons (Fsp3) is 0.438. The Morgan fingerprint density at radius 1 is 1.48 bits per heavy atom. The van der Waals surface area contributed by atoms with E-state index in [1.807, 2.05) is 19.1 Å². The largest absolute Gasteiger partial charge is 0.465 e. The van der Waals surface area contributed by atoms with E-state index in [2.05, 4.69) is 20.9 Å². The highest BCUT2D eigenvalue weighted by Gasteiger charge is 2.24. The molecule has 1 saturated heterocycles. The van der Waals surface area contributed by atoms with E-state index in [1.165, 1.54) is 4.90 Å². The lowest BCUT2D eigenvalue weighted by Gasteiger charge is -2.31. The van der Waals surface area contributed by atoms with Gasteiger partial charge in [0.1, 0.15) is 5.82 Å². The molecule has 6 nitrogen and oxygen atoms in total. The fourth-order valence-electron chi connectivity index (χ4n) is 3.17. The maximum absolute atomic E-state index is 12.8. The molecule has 1 amide bonds. The van der Waals surface area contributed by atoms with Gasteiger partial charge in [0.05, 0.1) is 10.9 Å². The molecule has 0 radical (unpaired) electrons. The highest BCUT2D eigenvalue weighted by Crippen LogP contribution is 2.20. The van der Waals surface area contributed by atoms with Crippen LogP contribution >= 0.6 is 15.9 Å². The number of hydrogen-bond acceptors (Lipinski definition) is 3. The van der Waals surface area contributed by atoms with Crippen molar-refractivity contribution in [3.8, 4) is 0 Å². The van der Waals surface area contributed by atoms with Gasteiger partial charge in [-0.1, -0.05) is 15.9 Å². The zero-order valence-corrected chi connectivity index (χ0v) is 14.4. The van der Waals surface area contributed by atoms with Gasteiger partial charge in [-0.3, -0.25) is 9.36 Å². The summed E-state index contributed by atoms with van der Waals surface area (Å²) >= 11 is 3.38. The van der Waals surface area contributed by atoms with Crippen LogP contribution in [-0.2, 0) is 6.54 Å². The van der Waals surface area contributed by atoms with E-state index in [0.29, 0.717) is 36.4 Å². The molecule has 23 heavy (non-hydrogen) atoms. The number of nitrogens with zero attached hydrogens (tertiary/aromatic N) is 3. The summed E-state index contributed by atoms with van der Waals surface area (Å²) in [4.78, 5) is 29.8. The molecule has 1 atom stereocenters. The van der Waals surface area contributed by atoms with Crippen LogP contribution in [0.3, 0.4) is 0 Å². The number of fused-ring (bicyclic) bond motifs is 1. The Morgan fingerprint density at radius 2 is 2.26 bits per heavy atom. The number of benzene rings is 1. The van der Waals surface area contributed by atoms with Crippen LogP contribution in [0.5, 0.6) is 0 Å². The first kappa shape index (κ1) is 16.0. The fourth-order valence-corrected chi connectivity index (χ4v) is 3.53. The zero-order chi connectivity index (χ0) is 16.6. The first-order chi connectivity index (χ1) is 11.0. The van der Waals surface area contributed by atoms with Gasteiger partial charge in [0.25, 0.3) is 5.56 Å². The lowest BCUT2D eigenvalue weighted by atomic mass is 9.98. The van der Waals surface area contributed by atoms with E-state index in [4.69, 9.17) is 5.11 Å². The second-order valence-electron chi connectivity index (χ2n) is 5.97. The number of hydrogen-bond donors (Lipinski definition) is 1. The molecule has 1 aliphatic rings. The van der Waals surface area contributed by atoms with Crippen molar-refractivity contribution in [1.29, 1.82) is 0 Å². The first-order valence-electron chi connectivity index (χ1n) is 7.60. The molecule has 0 spiro atoms. The number of carboxylic acid groups (broad SMARTS) is 1. The third-order valence-corrected chi connectivity index (χ3v) is 4.83. The number of halogens is 1. The summed E-state index contributed by atoms with van der Waals surface area (Å²) < 4.78 is 2.51. The van der Waals surface area contributed by atoms with Gasteiger partial charge < -0.3 is 10.0 Å². The van der Waals surface area contributed by atoms with Crippen molar-refractivity contribution in [3.63, 3.8) is 0 Å². The van der Waals surface area contributed by atoms with Crippen molar-refractivity contribution in [1.82, 2.24) is 14.5 Å². The van der Waals surface area contributed by atoms with Crippen molar-refractivity contribution in [2.45, 2.75) is 26.3 Å². The summed E-state index contributed by atoms with van der Waals surface area (Å²) in [6, 6.07) is 5.47. The Bertz CT molecular complexity index is 818. The molecule has 0 aliphatic carbocycles. The van der Waals surface area contributed by atoms with Gasteiger partial charge >= 0.3 is 6.09 Å². The Labute approximate surface area is 141 Å². The van der Waals surface area contributed by atoms with E-state index in [-0.39, 0.29) is 11.5 Å². The molecule has 122 valence electrons. The smallest absolute Gasteiger partial charge is 0.407 e. The van der Waals surface area contributed by atoms with Crippen LogP contribution in [0.2, 0.25) is 0 Å². The van der Waals surface area contributed by atoms with Crippen LogP contribution in [0.1, 0.15) is 18.7 Å². The van der Waals surface area contributed by atoms with Crippen molar-refractivity contribution in [2.75, 3.05) is 13.1 Å². The number of piperidine rings is 1. The number of carbonyl (C=O) groups is 1. The minimum absolute atomic E-state index is 0.0683. The maximum Gasteiger partial charge on any atom is 0.407 e. The van der Waals surface area contributed by atoms with Crippen LogP contribution in [0.25, 0.3) is 10.9 Å². The molecule has 2 heterocycles. The zero-order valence-electron chi connectivity index (χ0n) is 12.8. The van der Waals surface area contributed by atoms with Gasteiger partial charge in [-0.05, 0) is 43.9 Å². The first-order valence-corrected chi connectivity index (χ1v) is 8.39. The third kappa shape index (κ3) is 3.24. The number of aryl methyl sites for hydroxylation is 1. The predicted molar refractivity (Wildman–Crippen MR) is 90.8 cm³/mol. The Kier molecular flexibility index (Phi) is 4.39. The third-order valence-electron chi connectivity index (χ3n) is 4.34. The van der Waals surface area contributed by atoms with Crippen molar-refractivity contribution in [3.05, 3.63) is 38.9 Å². The summed E-state index contributed by atoms with van der Waals surface area (Å²) in [6.45, 7) is 3.37. The number of amides is 1. The topological polar surface area (TPSA) is 75.4 Å². The van der Waals surface area contributed by atoms with Crippen LogP contribution in [-0.4, -0.2) is 38.7 Å². The molecule has 2 aromatic rings. The van der Waals surface area contributed by atoms with Gasteiger partial charge in [-0.15, -0.1) is 0 Å². The van der Waals surface area contributed by atoms with Gasteiger partial charge in [-0.25, -0.2) is 9.78 Å². The molecule has 0 bridgehead atoms. The summed E-state index contributed by atoms with van der Waals surface area (Å²) in [5.41, 5.74) is 0.615. The molecule has 1 aromatic carbocycles. The van der Waals surface area contributed by atoms with Gasteiger partial charge in [0, 0.05) is 24.1 Å². The molecule has 0 saturated carbocycles. The van der Waals surface area contributed by atoms with Crippen LogP contribution < -0.4 is 5.56 Å². The number of rotatable bonds is 2. The monoisotopic (exact) mass is 379 g/mol. The second-order valence-corrected chi connectivity index (χ2v) is 6.89. The van der Waals surface area contributed by atoms with E-state index < -0.39 is 6.09 Å². The predicted octanol–water partition coefficient (Wildman–Crippen LogP) is 2.86. The van der Waals surface area contributed by atoms with Crippen molar-refractivity contribution >= 4 is 32.9 Å². The molecular formula is C16H18BrN3O3. The van der Waals surface area contributed by atoms with Crippen LogP contribution in [0, 0.1) is 12.8 Å². The minimum Gasteiger partial charge on any atom is -0.465 e. The standard InChI is InChI=1S/C16H18BrN3O3/c1-10-18-14-5-4-12(17)7-13(14)15(21)20(10)9-11-3-2-6-19(8-11)16(22)23/h4-5,7,11H,2-3,6,8-9H2,1H3,(H,22,23)/t11-/m0/s1. The van der Waals surface area contributed by atoms with E-state index >= 15 is 0 Å². The molecule has 1 fully saturated rings.